The molecule has 0 radical (unpaired) electrons. The Morgan fingerprint density at radius 2 is 1.83 bits per heavy atom. The van der Waals surface area contributed by atoms with Crippen molar-refractivity contribution >= 4 is 32.9 Å². The van der Waals surface area contributed by atoms with Crippen LogP contribution >= 0.6 is 11.6 Å². The zero-order valence-electron chi connectivity index (χ0n) is 19.8. The van der Waals surface area contributed by atoms with Crippen LogP contribution in [0.1, 0.15) is 40.7 Å². The van der Waals surface area contributed by atoms with Crippen LogP contribution in [0.3, 0.4) is 0 Å². The molecule has 0 N–H and O–H groups in total. The van der Waals surface area contributed by atoms with E-state index in [0.29, 0.717) is 29.5 Å². The Hall–Kier alpha value is -3.14. The number of hydrogen-bond donors (Lipinski definition) is 0. The van der Waals surface area contributed by atoms with Crippen molar-refractivity contribution in [3.8, 4) is 11.5 Å². The fourth-order valence-corrected chi connectivity index (χ4v) is 6.08. The van der Waals surface area contributed by atoms with E-state index in [0.717, 1.165) is 58.2 Å². The zero-order chi connectivity index (χ0) is 24.9. The van der Waals surface area contributed by atoms with Gasteiger partial charge in [0.1, 0.15) is 17.0 Å². The van der Waals surface area contributed by atoms with Gasteiger partial charge < -0.3 is 8.92 Å². The summed E-state index contributed by atoms with van der Waals surface area (Å²) < 4.78 is 40.4. The van der Waals surface area contributed by atoms with E-state index in [-0.39, 0.29) is 13.1 Å². The van der Waals surface area contributed by atoms with Crippen LogP contribution in [0.2, 0.25) is 5.02 Å². The summed E-state index contributed by atoms with van der Waals surface area (Å²) in [5, 5.41) is 9.35. The van der Waals surface area contributed by atoms with Crippen molar-refractivity contribution in [1.82, 2.24) is 19.3 Å². The lowest BCUT2D eigenvalue weighted by Crippen LogP contribution is -2.37. The molecule has 0 spiro atoms. The molecule has 3 aliphatic rings. The Labute approximate surface area is 214 Å². The number of rotatable bonds is 0. The predicted molar refractivity (Wildman–Crippen MR) is 136 cm³/mol. The van der Waals surface area contributed by atoms with Crippen LogP contribution in [-0.4, -0.2) is 34.3 Å². The highest BCUT2D eigenvalue weighted by Crippen LogP contribution is 2.34. The van der Waals surface area contributed by atoms with E-state index in [2.05, 4.69) is 29.4 Å². The summed E-state index contributed by atoms with van der Waals surface area (Å²) in [5.41, 5.74) is 6.65. The molecule has 0 aliphatic carbocycles. The number of halogens is 1. The van der Waals surface area contributed by atoms with Crippen molar-refractivity contribution in [2.24, 2.45) is 0 Å². The van der Waals surface area contributed by atoms with Gasteiger partial charge in [-0.05, 0) is 78.8 Å². The van der Waals surface area contributed by atoms with Crippen molar-refractivity contribution in [2.75, 3.05) is 6.61 Å². The first-order chi connectivity index (χ1) is 17.4. The Bertz CT molecular complexity index is 1580. The molecule has 186 valence electrons. The third-order valence-corrected chi connectivity index (χ3v) is 8.48. The standard InChI is InChI=1S/C26H25ClN4O4S/c1-17-19-5-8-24-26(17)28-29-31(24)10-2-3-11-34-22-6-9-25-21(14-22)16-30(36(32,33)35-25)15-20-13-18(12-19)4-7-23(20)27/h4-9,13-14H,2-3,10-12,15-16H2,1H3. The van der Waals surface area contributed by atoms with Crippen molar-refractivity contribution in [1.29, 1.82) is 0 Å². The van der Waals surface area contributed by atoms with Crippen LogP contribution in [0.5, 0.6) is 11.5 Å². The molecule has 3 aromatic carbocycles. The number of aryl methyl sites for hydroxylation is 2. The van der Waals surface area contributed by atoms with E-state index in [1.54, 1.807) is 12.1 Å². The lowest BCUT2D eigenvalue weighted by atomic mass is 9.98. The van der Waals surface area contributed by atoms with E-state index in [4.69, 9.17) is 20.5 Å². The fraction of sp³-hybridized carbons (Fsp3) is 0.308. The van der Waals surface area contributed by atoms with E-state index in [9.17, 15) is 8.42 Å². The van der Waals surface area contributed by atoms with E-state index in [1.165, 1.54) is 4.31 Å². The van der Waals surface area contributed by atoms with Crippen molar-refractivity contribution in [2.45, 2.75) is 45.8 Å². The largest absolute Gasteiger partial charge is 0.494 e. The minimum Gasteiger partial charge on any atom is -0.494 e. The molecule has 1 atom stereocenters. The highest BCUT2D eigenvalue weighted by atomic mass is 35.5. The quantitative estimate of drug-likeness (QED) is 0.328. The third kappa shape index (κ3) is 4.31. The van der Waals surface area contributed by atoms with Gasteiger partial charge in [-0.15, -0.1) is 5.10 Å². The molecule has 0 amide bonds. The first-order valence-electron chi connectivity index (χ1n) is 11.9. The molecule has 0 saturated carbocycles. The molecule has 3 aliphatic heterocycles. The van der Waals surface area contributed by atoms with Gasteiger partial charge in [0, 0.05) is 30.2 Å². The Kier molecular flexibility index (Phi) is 5.86. The molecule has 7 rings (SSSR count). The molecule has 10 heteroatoms. The monoisotopic (exact) mass is 524 g/mol. The minimum atomic E-state index is -3.96. The molecule has 1 aromatic heterocycles. The molecular weight excluding hydrogens is 500 g/mol. The maximum Gasteiger partial charge on any atom is 0.385 e. The van der Waals surface area contributed by atoms with Crippen molar-refractivity contribution in [3.63, 3.8) is 0 Å². The molecule has 9 bridgehead atoms. The van der Waals surface area contributed by atoms with Gasteiger partial charge in [0.2, 0.25) is 0 Å². The smallest absolute Gasteiger partial charge is 0.385 e. The maximum atomic E-state index is 12.9. The van der Waals surface area contributed by atoms with Crippen molar-refractivity contribution in [3.05, 3.63) is 81.4 Å². The lowest BCUT2D eigenvalue weighted by molar-refractivity contribution is 0.297. The average Bonchev–Trinajstić information content (AvgIpc) is 3.26. The third-order valence-electron chi connectivity index (χ3n) is 6.83. The van der Waals surface area contributed by atoms with Gasteiger partial charge in [0.15, 0.2) is 0 Å². The second kappa shape index (κ2) is 9.06. The Balaban J connectivity index is 1.41. The summed E-state index contributed by atoms with van der Waals surface area (Å²) in [6.07, 6.45) is 2.41. The summed E-state index contributed by atoms with van der Waals surface area (Å²) in [7, 11) is -3.96. The summed E-state index contributed by atoms with van der Waals surface area (Å²) >= 11 is 6.51. The second-order valence-corrected chi connectivity index (χ2v) is 11.2. The van der Waals surface area contributed by atoms with Gasteiger partial charge in [-0.25, -0.2) is 4.68 Å². The number of fused-ring (bicyclic) bond motifs is 5. The van der Waals surface area contributed by atoms with E-state index >= 15 is 0 Å². The van der Waals surface area contributed by atoms with Crippen LogP contribution in [-0.2, 0) is 36.4 Å². The van der Waals surface area contributed by atoms with E-state index in [1.807, 2.05) is 28.9 Å². The maximum absolute atomic E-state index is 12.9. The number of ether oxygens (including phenoxy) is 1. The molecule has 0 saturated heterocycles. The van der Waals surface area contributed by atoms with Crippen LogP contribution in [0.4, 0.5) is 0 Å². The first-order valence-corrected chi connectivity index (χ1v) is 13.7. The Morgan fingerprint density at radius 1 is 0.972 bits per heavy atom. The first kappa shape index (κ1) is 23.3. The number of aromatic nitrogens is 3. The molecular formula is C26H25ClN4O4S. The SMILES string of the molecule is Cc1c2ccc3c1nnn3CCCCOc1ccc3c(c1)CN(Cc1cc(ccc1Cl)C2)S(=O)(=O)O3. The number of nitrogens with zero attached hydrogens (tertiary/aromatic N) is 4. The molecule has 8 nitrogen and oxygen atoms in total. The van der Waals surface area contributed by atoms with Crippen LogP contribution < -0.4 is 8.92 Å². The molecule has 0 fully saturated rings. The van der Waals surface area contributed by atoms with Gasteiger partial charge in [-0.1, -0.05) is 35.0 Å². The van der Waals surface area contributed by atoms with E-state index < -0.39 is 10.3 Å². The Morgan fingerprint density at radius 3 is 2.72 bits per heavy atom. The second-order valence-electron chi connectivity index (χ2n) is 9.27. The van der Waals surface area contributed by atoms with Crippen LogP contribution in [0.25, 0.3) is 11.0 Å². The summed E-state index contributed by atoms with van der Waals surface area (Å²) in [4.78, 5) is 0. The predicted octanol–water partition coefficient (Wildman–Crippen LogP) is 4.80. The molecule has 4 aromatic rings. The molecule has 4 heterocycles. The average molecular weight is 525 g/mol. The highest BCUT2D eigenvalue weighted by molar-refractivity contribution is 7.84. The number of hydrogen-bond acceptors (Lipinski definition) is 6. The molecule has 1 unspecified atom stereocenters. The topological polar surface area (TPSA) is 86.5 Å². The fourth-order valence-electron chi connectivity index (χ4n) is 4.81. The number of benzene rings is 3. The van der Waals surface area contributed by atoms with Crippen LogP contribution in [0, 0.1) is 6.92 Å². The van der Waals surface area contributed by atoms with Gasteiger partial charge in [0.25, 0.3) is 0 Å². The summed E-state index contributed by atoms with van der Waals surface area (Å²) in [5.74, 6) is 1.01. The van der Waals surface area contributed by atoms with Gasteiger partial charge in [-0.2, -0.15) is 12.7 Å². The summed E-state index contributed by atoms with van der Waals surface area (Å²) in [6.45, 7) is 3.64. The van der Waals surface area contributed by atoms with Gasteiger partial charge >= 0.3 is 10.3 Å². The zero-order valence-corrected chi connectivity index (χ0v) is 21.3. The summed E-state index contributed by atoms with van der Waals surface area (Å²) in [6, 6.07) is 15.2. The lowest BCUT2D eigenvalue weighted by Gasteiger charge is -2.28. The molecule has 36 heavy (non-hydrogen) atoms. The van der Waals surface area contributed by atoms with Crippen LogP contribution in [0.15, 0.2) is 48.5 Å². The normalized spacial score (nSPS) is 19.2. The van der Waals surface area contributed by atoms with Gasteiger partial charge in [-0.3, -0.25) is 0 Å². The van der Waals surface area contributed by atoms with Gasteiger partial charge in [0.05, 0.1) is 12.1 Å². The van der Waals surface area contributed by atoms with Crippen molar-refractivity contribution < 1.29 is 17.3 Å². The highest BCUT2D eigenvalue weighted by Gasteiger charge is 2.32. The minimum absolute atomic E-state index is 0.103.